The highest BCUT2D eigenvalue weighted by atomic mass is 79.9. The van der Waals surface area contributed by atoms with Gasteiger partial charge in [-0.25, -0.2) is 45.0 Å². The first-order valence-corrected chi connectivity index (χ1v) is 22.9. The van der Waals surface area contributed by atoms with Crippen molar-refractivity contribution in [1.29, 1.82) is 0 Å². The molecule has 2 aliphatic rings. The van der Waals surface area contributed by atoms with Crippen molar-refractivity contribution >= 4 is 47.9 Å². The van der Waals surface area contributed by atoms with E-state index in [-0.39, 0.29) is 36.1 Å². The third-order valence-electron chi connectivity index (χ3n) is 9.87. The lowest BCUT2D eigenvalue weighted by atomic mass is 9.94. The van der Waals surface area contributed by atoms with E-state index in [1.165, 1.54) is 101 Å². The van der Waals surface area contributed by atoms with Gasteiger partial charge in [0.05, 0.1) is 41.3 Å². The van der Waals surface area contributed by atoms with E-state index < -0.39 is 55.7 Å². The second-order valence-electron chi connectivity index (χ2n) is 14.2. The van der Waals surface area contributed by atoms with Gasteiger partial charge in [0.25, 0.3) is 0 Å². The van der Waals surface area contributed by atoms with Crippen LogP contribution in [0.15, 0.2) is 106 Å². The number of fused-ring (bicyclic) bond motifs is 2. The van der Waals surface area contributed by atoms with Crippen LogP contribution >= 0.6 is 15.9 Å². The first kappa shape index (κ1) is 44.9. The van der Waals surface area contributed by atoms with Crippen LogP contribution in [-0.4, -0.2) is 68.5 Å². The Morgan fingerprint density at radius 3 is 1.63 bits per heavy atom. The molecule has 332 valence electrons. The van der Waals surface area contributed by atoms with Gasteiger partial charge in [0.1, 0.15) is 46.0 Å². The summed E-state index contributed by atoms with van der Waals surface area (Å²) in [7, 11) is -7.82. The van der Waals surface area contributed by atoms with Crippen LogP contribution in [0.25, 0.3) is 0 Å². The molecule has 2 atom stereocenters. The van der Waals surface area contributed by atoms with Crippen molar-refractivity contribution in [3.63, 3.8) is 0 Å². The summed E-state index contributed by atoms with van der Waals surface area (Å²) in [6, 6.07) is 13.8. The highest BCUT2D eigenvalue weighted by molar-refractivity contribution is 9.10. The first-order chi connectivity index (χ1) is 30.0. The molecule has 0 saturated heterocycles. The number of nitrogens with one attached hydrogen (secondary N) is 2. The summed E-state index contributed by atoms with van der Waals surface area (Å²) in [6.07, 6.45) is 9.17. The molecule has 63 heavy (non-hydrogen) atoms. The molecule has 4 heterocycles. The number of carboxylic acid groups (broad SMARTS) is 2. The molecule has 0 spiro atoms. The molecule has 0 bridgehead atoms. The maximum Gasteiger partial charge on any atom is 0.325 e. The number of carboxylic acids is 2. The van der Waals surface area contributed by atoms with Gasteiger partial charge in [-0.1, -0.05) is 0 Å². The Balaban J connectivity index is 0.000000209. The number of hydrogen-bond acceptors (Lipinski definition) is 12. The summed E-state index contributed by atoms with van der Waals surface area (Å²) in [5.74, 6) is -1.81. The van der Waals surface area contributed by atoms with Gasteiger partial charge in [0.2, 0.25) is 31.8 Å². The Morgan fingerprint density at radius 2 is 1.17 bits per heavy atom. The SMILES string of the molecule is O=C(O)Cn1ncc2c1CCCC2NS(=O)(=O)c1ccc(Oc2ccc(F)cc2)nc1.O=C(O)Cn1ncc2c1CCCC2NS(=O)(=O)c1cnc(Oc2ccc(F)cc2)c(Br)c1.[HH]. The highest BCUT2D eigenvalue weighted by Gasteiger charge is 2.31. The van der Waals surface area contributed by atoms with Gasteiger partial charge < -0.3 is 19.7 Å². The summed E-state index contributed by atoms with van der Waals surface area (Å²) in [5.41, 5.74) is 2.79. The van der Waals surface area contributed by atoms with Crippen molar-refractivity contribution in [2.45, 2.75) is 73.5 Å². The quantitative estimate of drug-likeness (QED) is 0.0935. The van der Waals surface area contributed by atoms with Gasteiger partial charge in [0.15, 0.2) is 0 Å². The number of rotatable bonds is 14. The van der Waals surface area contributed by atoms with Gasteiger partial charge in [0, 0.05) is 30.0 Å². The molecule has 2 unspecified atom stereocenters. The van der Waals surface area contributed by atoms with Crippen LogP contribution in [-0.2, 0) is 55.6 Å². The summed E-state index contributed by atoms with van der Waals surface area (Å²) in [5, 5.41) is 26.2. The highest BCUT2D eigenvalue weighted by Crippen LogP contribution is 2.34. The Kier molecular flexibility index (Phi) is 13.6. The number of aromatic nitrogens is 6. The fourth-order valence-electron chi connectivity index (χ4n) is 6.98. The van der Waals surface area contributed by atoms with Crippen molar-refractivity contribution in [3.8, 4) is 23.3 Å². The van der Waals surface area contributed by atoms with Crippen molar-refractivity contribution in [2.24, 2.45) is 0 Å². The molecule has 4 aromatic heterocycles. The van der Waals surface area contributed by atoms with Crippen LogP contribution in [0.4, 0.5) is 8.78 Å². The zero-order chi connectivity index (χ0) is 44.9. The molecule has 18 nitrogen and oxygen atoms in total. The normalized spacial score (nSPS) is 15.9. The van der Waals surface area contributed by atoms with Crippen LogP contribution < -0.4 is 18.9 Å². The molecule has 2 aromatic carbocycles. The van der Waals surface area contributed by atoms with Crippen molar-refractivity contribution in [2.75, 3.05) is 0 Å². The molecule has 0 aliphatic heterocycles. The van der Waals surface area contributed by atoms with Gasteiger partial charge in [-0.2, -0.15) is 10.2 Å². The zero-order valence-corrected chi connectivity index (χ0v) is 36.0. The van der Waals surface area contributed by atoms with E-state index in [2.05, 4.69) is 45.5 Å². The number of benzene rings is 2. The van der Waals surface area contributed by atoms with Crippen LogP contribution in [0.2, 0.25) is 0 Å². The average molecular weight is 974 g/mol. The first-order valence-electron chi connectivity index (χ1n) is 19.1. The fraction of sp³-hybridized carbons (Fsp3) is 0.250. The molecular weight excluding hydrogens is 935 g/mol. The van der Waals surface area contributed by atoms with E-state index >= 15 is 0 Å². The Bertz CT molecular complexity index is 2850. The number of carbonyl (C=O) groups is 2. The van der Waals surface area contributed by atoms with E-state index in [0.29, 0.717) is 71.3 Å². The van der Waals surface area contributed by atoms with E-state index in [1.807, 2.05) is 0 Å². The lowest BCUT2D eigenvalue weighted by molar-refractivity contribution is -0.139. The number of sulfonamides is 2. The van der Waals surface area contributed by atoms with Crippen LogP contribution in [0.5, 0.6) is 23.3 Å². The maximum atomic E-state index is 13.0. The summed E-state index contributed by atoms with van der Waals surface area (Å²) in [4.78, 5) is 30.0. The van der Waals surface area contributed by atoms with Crippen LogP contribution in [0, 0.1) is 11.6 Å². The lowest BCUT2D eigenvalue weighted by Gasteiger charge is -2.24. The van der Waals surface area contributed by atoms with Crippen molar-refractivity contribution in [1.82, 2.24) is 39.0 Å². The molecule has 0 amide bonds. The molecule has 0 saturated carbocycles. The number of halogens is 3. The smallest absolute Gasteiger partial charge is 0.325 e. The fourth-order valence-corrected chi connectivity index (χ4v) is 9.97. The van der Waals surface area contributed by atoms with Crippen molar-refractivity contribution < 1.29 is 56.3 Å². The monoisotopic (exact) mass is 972 g/mol. The van der Waals surface area contributed by atoms with Gasteiger partial charge in [-0.15, -0.1) is 0 Å². The predicted octanol–water partition coefficient (Wildman–Crippen LogP) is 6.31. The van der Waals surface area contributed by atoms with Gasteiger partial charge in [-0.05, 0) is 115 Å². The second-order valence-corrected chi connectivity index (χ2v) is 18.5. The molecule has 6 aromatic rings. The topological polar surface area (TPSA) is 247 Å². The second kappa shape index (κ2) is 19.1. The number of nitrogens with zero attached hydrogens (tertiary/aromatic N) is 6. The Morgan fingerprint density at radius 1 is 0.698 bits per heavy atom. The minimum absolute atomic E-state index is 0. The van der Waals surface area contributed by atoms with Crippen molar-refractivity contribution in [3.05, 3.63) is 130 Å². The summed E-state index contributed by atoms with van der Waals surface area (Å²) in [6.45, 7) is -0.546. The molecule has 8 rings (SSSR count). The summed E-state index contributed by atoms with van der Waals surface area (Å²) < 4.78 is 97.1. The summed E-state index contributed by atoms with van der Waals surface area (Å²) >= 11 is 3.27. The number of pyridine rings is 2. The number of aliphatic carboxylic acids is 2. The standard InChI is InChI=1S/C20H18BrFN4O5S.C20H19FN4O5S.H2/c21-16-8-14(9-23-20(16)31-13-6-4-12(22)5-7-13)32(29,30)25-17-2-1-3-18-15(17)10-24-26(18)11-19(27)28;21-13-4-6-14(7-5-13)30-19-9-8-15(10-22-19)31(28,29)24-17-2-1-3-18-16(17)11-23-25(18)12-20(26)27;/h4-10,17,25H,1-3,11H2,(H,27,28);4-11,17,24H,1-3,12H2,(H,26,27);1H. The third kappa shape index (κ3) is 11.1. The maximum absolute atomic E-state index is 13.0. The third-order valence-corrected chi connectivity index (χ3v) is 13.3. The molecule has 0 fully saturated rings. The van der Waals surface area contributed by atoms with E-state index in [9.17, 15) is 35.2 Å². The Hall–Kier alpha value is -6.14. The lowest BCUT2D eigenvalue weighted by Crippen LogP contribution is -2.31. The minimum atomic E-state index is -3.94. The largest absolute Gasteiger partial charge is 0.480 e. The molecule has 4 N–H and O–H groups in total. The zero-order valence-electron chi connectivity index (χ0n) is 32.8. The van der Waals surface area contributed by atoms with Crippen LogP contribution in [0.1, 0.15) is 61.7 Å². The van der Waals surface area contributed by atoms with E-state index in [4.69, 9.17) is 19.7 Å². The minimum Gasteiger partial charge on any atom is -0.480 e. The average Bonchev–Trinajstić information content (AvgIpc) is 3.85. The van der Waals surface area contributed by atoms with E-state index in [0.717, 1.165) is 5.69 Å². The number of hydrogen-bond donors (Lipinski definition) is 4. The van der Waals surface area contributed by atoms with Gasteiger partial charge >= 0.3 is 11.9 Å². The molecule has 0 radical (unpaired) electrons. The van der Waals surface area contributed by atoms with E-state index in [1.54, 1.807) is 0 Å². The van der Waals surface area contributed by atoms with Gasteiger partial charge in [-0.3, -0.25) is 19.0 Å². The molecule has 2 aliphatic carbocycles. The predicted molar refractivity (Wildman–Crippen MR) is 223 cm³/mol. The Labute approximate surface area is 368 Å². The molecule has 23 heteroatoms. The molecular formula is C40H39BrF2N8O10S2. The van der Waals surface area contributed by atoms with Crippen LogP contribution in [0.3, 0.4) is 0 Å². The number of ether oxygens (including phenoxy) is 2.